The Morgan fingerprint density at radius 1 is 1.62 bits per heavy atom. The first-order valence-corrected chi connectivity index (χ1v) is 6.54. The molecular weight excluding hydrogens is 276 g/mol. The van der Waals surface area contributed by atoms with E-state index < -0.39 is 10.9 Å². The average Bonchev–Trinajstić information content (AvgIpc) is 2.93. The second kappa shape index (κ2) is 6.17. The highest BCUT2D eigenvalue weighted by atomic mass is 16.6. The van der Waals surface area contributed by atoms with Crippen molar-refractivity contribution in [2.75, 3.05) is 11.9 Å². The molecule has 110 valence electrons. The maximum absolute atomic E-state index is 11.1. The van der Waals surface area contributed by atoms with Crippen LogP contribution in [0.3, 0.4) is 0 Å². The Balaban J connectivity index is 2.08. The molecule has 0 radical (unpaired) electrons. The molecule has 0 aromatic carbocycles. The summed E-state index contributed by atoms with van der Waals surface area (Å²) in [5, 5.41) is 31.7. The molecule has 2 N–H and O–H groups in total. The number of aromatic nitrogens is 1. The van der Waals surface area contributed by atoms with E-state index in [-0.39, 0.29) is 28.9 Å². The molecule has 8 nitrogen and oxygen atoms in total. The average molecular weight is 290 g/mol. The van der Waals surface area contributed by atoms with Crippen LogP contribution in [0.4, 0.5) is 11.5 Å². The fourth-order valence-electron chi connectivity index (χ4n) is 2.61. The summed E-state index contributed by atoms with van der Waals surface area (Å²) in [7, 11) is 0. The van der Waals surface area contributed by atoms with Crippen LogP contribution in [0.15, 0.2) is 12.3 Å². The lowest BCUT2D eigenvalue weighted by atomic mass is 9.96. The predicted octanol–water partition coefficient (Wildman–Crippen LogP) is 1.77. The molecule has 0 aliphatic heterocycles. The number of pyridine rings is 1. The standard InChI is InChI=1S/C13H14N4O4/c14-5-9-4-10(17(20)21)7-16-12(9)15-6-8-2-1-3-11(8)13(18)19/h4,7-8,11H,1-3,6H2,(H,15,16)(H,18,19). The minimum Gasteiger partial charge on any atom is -0.481 e. The van der Waals surface area contributed by atoms with Crippen molar-refractivity contribution < 1.29 is 14.8 Å². The first-order valence-electron chi connectivity index (χ1n) is 6.54. The Kier molecular flexibility index (Phi) is 4.33. The monoisotopic (exact) mass is 290 g/mol. The van der Waals surface area contributed by atoms with E-state index in [1.54, 1.807) is 0 Å². The number of nitrogens with zero attached hydrogens (tertiary/aromatic N) is 3. The fraction of sp³-hybridized carbons (Fsp3) is 0.462. The molecule has 0 spiro atoms. The molecule has 8 heteroatoms. The van der Waals surface area contributed by atoms with E-state index in [9.17, 15) is 14.9 Å². The summed E-state index contributed by atoms with van der Waals surface area (Å²) in [5.41, 5.74) is -0.171. The van der Waals surface area contributed by atoms with Crippen molar-refractivity contribution in [2.45, 2.75) is 19.3 Å². The first kappa shape index (κ1) is 14.7. The molecule has 2 atom stereocenters. The smallest absolute Gasteiger partial charge is 0.306 e. The maximum atomic E-state index is 11.1. The van der Waals surface area contributed by atoms with E-state index in [4.69, 9.17) is 10.4 Å². The fourth-order valence-corrected chi connectivity index (χ4v) is 2.61. The van der Waals surface area contributed by atoms with E-state index >= 15 is 0 Å². The zero-order chi connectivity index (χ0) is 15.4. The summed E-state index contributed by atoms with van der Waals surface area (Å²) >= 11 is 0. The Hall–Kier alpha value is -2.69. The number of nitriles is 1. The molecule has 1 aromatic heterocycles. The number of rotatable bonds is 5. The molecule has 1 saturated carbocycles. The molecule has 1 aromatic rings. The third kappa shape index (κ3) is 3.25. The quantitative estimate of drug-likeness (QED) is 0.624. The van der Waals surface area contributed by atoms with Gasteiger partial charge in [-0.3, -0.25) is 14.9 Å². The summed E-state index contributed by atoms with van der Waals surface area (Å²) in [4.78, 5) is 25.0. The van der Waals surface area contributed by atoms with Crippen LogP contribution in [0.5, 0.6) is 0 Å². The molecule has 0 saturated heterocycles. The number of aliphatic carboxylic acids is 1. The van der Waals surface area contributed by atoms with Gasteiger partial charge in [0.05, 0.1) is 10.8 Å². The molecule has 1 aliphatic rings. The van der Waals surface area contributed by atoms with Crippen LogP contribution in [-0.4, -0.2) is 27.5 Å². The van der Waals surface area contributed by atoms with Crippen molar-refractivity contribution in [3.8, 4) is 6.07 Å². The van der Waals surface area contributed by atoms with Gasteiger partial charge in [-0.1, -0.05) is 6.42 Å². The number of carboxylic acid groups (broad SMARTS) is 1. The van der Waals surface area contributed by atoms with Gasteiger partial charge in [-0.2, -0.15) is 5.26 Å². The Morgan fingerprint density at radius 3 is 3.00 bits per heavy atom. The molecule has 21 heavy (non-hydrogen) atoms. The minimum absolute atomic E-state index is 0.0222. The highest BCUT2D eigenvalue weighted by Crippen LogP contribution is 2.32. The van der Waals surface area contributed by atoms with E-state index in [0.717, 1.165) is 25.1 Å². The van der Waals surface area contributed by atoms with E-state index in [0.29, 0.717) is 13.0 Å². The number of anilines is 1. The van der Waals surface area contributed by atoms with E-state index in [2.05, 4.69) is 10.3 Å². The number of carbonyl (C=O) groups is 1. The van der Waals surface area contributed by atoms with Crippen LogP contribution in [0.25, 0.3) is 0 Å². The Labute approximate surface area is 120 Å². The van der Waals surface area contributed by atoms with E-state index in [1.165, 1.54) is 0 Å². The normalized spacial score (nSPS) is 20.7. The second-order valence-corrected chi connectivity index (χ2v) is 4.98. The summed E-state index contributed by atoms with van der Waals surface area (Å²) < 4.78 is 0. The molecule has 0 amide bonds. The lowest BCUT2D eigenvalue weighted by Crippen LogP contribution is -2.25. The van der Waals surface area contributed by atoms with Gasteiger partial charge in [0.25, 0.3) is 5.69 Å². The van der Waals surface area contributed by atoms with Crippen molar-refractivity contribution in [2.24, 2.45) is 11.8 Å². The van der Waals surface area contributed by atoms with Crippen molar-refractivity contribution in [3.63, 3.8) is 0 Å². The third-order valence-corrected chi connectivity index (χ3v) is 3.71. The van der Waals surface area contributed by atoms with Gasteiger partial charge in [0, 0.05) is 12.6 Å². The first-order chi connectivity index (χ1) is 10.0. The van der Waals surface area contributed by atoms with Crippen molar-refractivity contribution >= 4 is 17.5 Å². The number of nitro groups is 1. The topological polar surface area (TPSA) is 129 Å². The highest BCUT2D eigenvalue weighted by molar-refractivity contribution is 5.70. The minimum atomic E-state index is -0.809. The second-order valence-electron chi connectivity index (χ2n) is 4.98. The SMILES string of the molecule is N#Cc1cc([N+](=O)[O-])cnc1NCC1CCCC1C(=O)O. The van der Waals surface area contributed by atoms with Crippen LogP contribution in [-0.2, 0) is 4.79 Å². The van der Waals surface area contributed by atoms with Crippen LogP contribution in [0, 0.1) is 33.3 Å². The molecule has 1 fully saturated rings. The van der Waals surface area contributed by atoms with Gasteiger partial charge in [0.1, 0.15) is 23.6 Å². The summed E-state index contributed by atoms with van der Waals surface area (Å²) in [6.07, 6.45) is 3.40. The number of hydrogen-bond acceptors (Lipinski definition) is 6. The van der Waals surface area contributed by atoms with Gasteiger partial charge in [0.2, 0.25) is 0 Å². The third-order valence-electron chi connectivity index (χ3n) is 3.71. The van der Waals surface area contributed by atoms with Crippen LogP contribution in [0.2, 0.25) is 0 Å². The molecular formula is C13H14N4O4. The molecule has 1 aliphatic carbocycles. The lowest BCUT2D eigenvalue weighted by Gasteiger charge is -2.17. The van der Waals surface area contributed by atoms with Crippen molar-refractivity contribution in [1.29, 1.82) is 5.26 Å². The molecule has 2 rings (SSSR count). The van der Waals surface area contributed by atoms with Crippen LogP contribution in [0.1, 0.15) is 24.8 Å². The van der Waals surface area contributed by atoms with Gasteiger partial charge in [-0.15, -0.1) is 0 Å². The van der Waals surface area contributed by atoms with Gasteiger partial charge in [0.15, 0.2) is 0 Å². The molecule has 2 unspecified atom stereocenters. The zero-order valence-corrected chi connectivity index (χ0v) is 11.2. The molecule has 1 heterocycles. The Bertz CT molecular complexity index is 611. The van der Waals surface area contributed by atoms with E-state index in [1.807, 2.05) is 6.07 Å². The summed E-state index contributed by atoms with van der Waals surface area (Å²) in [6, 6.07) is 3.01. The largest absolute Gasteiger partial charge is 0.481 e. The van der Waals surface area contributed by atoms with Gasteiger partial charge in [-0.05, 0) is 18.8 Å². The maximum Gasteiger partial charge on any atom is 0.306 e. The predicted molar refractivity (Wildman–Crippen MR) is 72.6 cm³/mol. The van der Waals surface area contributed by atoms with Crippen LogP contribution < -0.4 is 5.32 Å². The number of nitrogens with one attached hydrogen (secondary N) is 1. The number of carboxylic acids is 1. The van der Waals surface area contributed by atoms with Crippen molar-refractivity contribution in [3.05, 3.63) is 27.9 Å². The highest BCUT2D eigenvalue weighted by Gasteiger charge is 2.32. The van der Waals surface area contributed by atoms with Crippen molar-refractivity contribution in [1.82, 2.24) is 4.98 Å². The van der Waals surface area contributed by atoms with Crippen LogP contribution >= 0.6 is 0 Å². The van der Waals surface area contributed by atoms with Gasteiger partial charge in [-0.25, -0.2) is 4.98 Å². The number of hydrogen-bond donors (Lipinski definition) is 2. The lowest BCUT2D eigenvalue weighted by molar-refractivity contribution is -0.385. The van der Waals surface area contributed by atoms with Gasteiger partial charge >= 0.3 is 5.97 Å². The molecule has 0 bridgehead atoms. The van der Waals surface area contributed by atoms with Gasteiger partial charge < -0.3 is 10.4 Å². The summed E-state index contributed by atoms with van der Waals surface area (Å²) in [5.74, 6) is -0.970. The summed E-state index contributed by atoms with van der Waals surface area (Å²) in [6.45, 7) is 0.385. The Morgan fingerprint density at radius 2 is 2.38 bits per heavy atom. The zero-order valence-electron chi connectivity index (χ0n) is 11.2.